The molecule has 1 N–H and O–H groups in total. The number of rotatable bonds is 7. The van der Waals surface area contributed by atoms with Crippen molar-refractivity contribution in [3.63, 3.8) is 0 Å². The zero-order valence-electron chi connectivity index (χ0n) is 16.2. The van der Waals surface area contributed by atoms with E-state index >= 15 is 0 Å². The van der Waals surface area contributed by atoms with E-state index < -0.39 is 12.6 Å². The lowest BCUT2D eigenvalue weighted by Gasteiger charge is -2.26. The van der Waals surface area contributed by atoms with Crippen molar-refractivity contribution < 1.29 is 24.2 Å². The Morgan fingerprint density at radius 2 is 1.93 bits per heavy atom. The van der Waals surface area contributed by atoms with Crippen LogP contribution in [0.4, 0.5) is 0 Å². The van der Waals surface area contributed by atoms with Crippen LogP contribution in [0.3, 0.4) is 0 Å². The molecule has 0 spiro atoms. The van der Waals surface area contributed by atoms with Gasteiger partial charge in [0.15, 0.2) is 18.1 Å². The second kappa shape index (κ2) is 8.78. The highest BCUT2D eigenvalue weighted by Gasteiger charge is 2.31. The van der Waals surface area contributed by atoms with Crippen molar-refractivity contribution in [2.24, 2.45) is 0 Å². The van der Waals surface area contributed by atoms with E-state index in [9.17, 15) is 9.59 Å². The van der Waals surface area contributed by atoms with Crippen LogP contribution in [0.25, 0.3) is 0 Å². The highest BCUT2D eigenvalue weighted by atomic mass is 16.5. The van der Waals surface area contributed by atoms with E-state index in [4.69, 9.17) is 14.6 Å². The van der Waals surface area contributed by atoms with E-state index in [1.54, 1.807) is 18.2 Å². The van der Waals surface area contributed by atoms with Gasteiger partial charge in [0.25, 0.3) is 5.91 Å². The van der Waals surface area contributed by atoms with Gasteiger partial charge in [0, 0.05) is 12.1 Å². The molecule has 6 heteroatoms. The molecule has 0 aromatic heterocycles. The summed E-state index contributed by atoms with van der Waals surface area (Å²) in [6, 6.07) is 13.1. The van der Waals surface area contributed by atoms with Crippen molar-refractivity contribution >= 4 is 11.9 Å². The molecule has 0 aliphatic carbocycles. The number of carboxylic acid groups (broad SMARTS) is 1. The third kappa shape index (κ3) is 4.27. The molecule has 0 radical (unpaired) electrons. The summed E-state index contributed by atoms with van der Waals surface area (Å²) in [5.74, 6) is -0.434. The van der Waals surface area contributed by atoms with E-state index in [1.165, 1.54) is 11.1 Å². The Kier molecular flexibility index (Phi) is 6.19. The SMILES string of the molecule is CCOc1cc(C(=O)N2CCCC2c2ccccc2C)ccc1OCC(=O)O. The highest BCUT2D eigenvalue weighted by molar-refractivity contribution is 5.95. The average molecular weight is 383 g/mol. The predicted octanol–water partition coefficient (Wildman–Crippen LogP) is 3.83. The van der Waals surface area contributed by atoms with Crippen molar-refractivity contribution in [3.05, 3.63) is 59.2 Å². The lowest BCUT2D eigenvalue weighted by molar-refractivity contribution is -0.139. The van der Waals surface area contributed by atoms with E-state index in [0.717, 1.165) is 12.8 Å². The molecule has 1 aliphatic heterocycles. The number of nitrogens with zero attached hydrogens (tertiary/aromatic N) is 1. The molecule has 0 saturated carbocycles. The van der Waals surface area contributed by atoms with Gasteiger partial charge in [0.1, 0.15) is 0 Å². The maximum absolute atomic E-state index is 13.2. The smallest absolute Gasteiger partial charge is 0.341 e. The molecule has 1 atom stereocenters. The summed E-state index contributed by atoms with van der Waals surface area (Å²) in [4.78, 5) is 25.9. The molecule has 1 amide bonds. The van der Waals surface area contributed by atoms with E-state index in [-0.39, 0.29) is 11.9 Å². The van der Waals surface area contributed by atoms with Gasteiger partial charge in [0.2, 0.25) is 0 Å². The number of aliphatic carboxylic acids is 1. The van der Waals surface area contributed by atoms with Gasteiger partial charge in [0.05, 0.1) is 12.6 Å². The Morgan fingerprint density at radius 3 is 2.64 bits per heavy atom. The number of hydrogen-bond donors (Lipinski definition) is 1. The van der Waals surface area contributed by atoms with Crippen molar-refractivity contribution in [1.82, 2.24) is 4.90 Å². The van der Waals surface area contributed by atoms with E-state index in [0.29, 0.717) is 30.2 Å². The molecule has 148 valence electrons. The number of benzene rings is 2. The Balaban J connectivity index is 1.85. The van der Waals surface area contributed by atoms with Gasteiger partial charge in [-0.3, -0.25) is 4.79 Å². The molecule has 0 bridgehead atoms. The fraction of sp³-hybridized carbons (Fsp3) is 0.364. The molecular weight excluding hydrogens is 358 g/mol. The Bertz CT molecular complexity index is 864. The number of likely N-dealkylation sites (tertiary alicyclic amines) is 1. The first-order chi connectivity index (χ1) is 13.5. The van der Waals surface area contributed by atoms with Crippen LogP contribution in [0.15, 0.2) is 42.5 Å². The summed E-state index contributed by atoms with van der Waals surface area (Å²) in [7, 11) is 0. The van der Waals surface area contributed by atoms with Crippen molar-refractivity contribution in [1.29, 1.82) is 0 Å². The van der Waals surface area contributed by atoms with Gasteiger partial charge in [-0.15, -0.1) is 0 Å². The number of carbonyl (C=O) groups excluding carboxylic acids is 1. The monoisotopic (exact) mass is 383 g/mol. The van der Waals surface area contributed by atoms with Crippen molar-refractivity contribution in [2.75, 3.05) is 19.8 Å². The van der Waals surface area contributed by atoms with Crippen LogP contribution in [0.5, 0.6) is 11.5 Å². The second-order valence-electron chi connectivity index (χ2n) is 6.79. The summed E-state index contributed by atoms with van der Waals surface area (Å²) in [6.45, 7) is 4.52. The van der Waals surface area contributed by atoms with Gasteiger partial charge in [-0.05, 0) is 56.0 Å². The van der Waals surface area contributed by atoms with Gasteiger partial charge >= 0.3 is 5.97 Å². The molecule has 2 aromatic carbocycles. The minimum absolute atomic E-state index is 0.0588. The summed E-state index contributed by atoms with van der Waals surface area (Å²) in [6.07, 6.45) is 1.90. The minimum Gasteiger partial charge on any atom is -0.490 e. The van der Waals surface area contributed by atoms with Crippen LogP contribution >= 0.6 is 0 Å². The van der Waals surface area contributed by atoms with Crippen LogP contribution in [0.1, 0.15) is 47.3 Å². The topological polar surface area (TPSA) is 76.1 Å². The molecule has 2 aromatic rings. The summed E-state index contributed by atoms with van der Waals surface area (Å²) in [5.41, 5.74) is 2.87. The molecule has 1 aliphatic rings. The lowest BCUT2D eigenvalue weighted by atomic mass is 9.99. The molecule has 1 heterocycles. The normalized spacial score (nSPS) is 16.1. The lowest BCUT2D eigenvalue weighted by Crippen LogP contribution is -2.31. The third-order valence-corrected chi connectivity index (χ3v) is 4.90. The summed E-state index contributed by atoms with van der Waals surface area (Å²) >= 11 is 0. The van der Waals surface area contributed by atoms with Crippen molar-refractivity contribution in [2.45, 2.75) is 32.7 Å². The van der Waals surface area contributed by atoms with Gasteiger partial charge in [-0.1, -0.05) is 24.3 Å². The number of hydrogen-bond acceptors (Lipinski definition) is 4. The number of carbonyl (C=O) groups is 2. The molecular formula is C22H25NO5. The van der Waals surface area contributed by atoms with Gasteiger partial charge in [-0.25, -0.2) is 4.79 Å². The minimum atomic E-state index is -1.07. The van der Waals surface area contributed by atoms with Crippen LogP contribution in [-0.2, 0) is 4.79 Å². The van der Waals surface area contributed by atoms with Gasteiger partial charge in [-0.2, -0.15) is 0 Å². The zero-order chi connectivity index (χ0) is 20.1. The van der Waals surface area contributed by atoms with Crippen LogP contribution in [0, 0.1) is 6.92 Å². The largest absolute Gasteiger partial charge is 0.490 e. The average Bonchev–Trinajstić information content (AvgIpc) is 3.16. The highest BCUT2D eigenvalue weighted by Crippen LogP contribution is 2.36. The standard InChI is InChI=1S/C22H25NO5/c1-3-27-20-13-16(10-11-19(20)28-14-21(24)25)22(26)23-12-6-9-18(23)17-8-5-4-7-15(17)2/h4-5,7-8,10-11,13,18H,3,6,9,12,14H2,1-2H3,(H,24,25). The molecule has 1 saturated heterocycles. The number of ether oxygens (including phenoxy) is 2. The molecule has 1 unspecified atom stereocenters. The van der Waals surface area contributed by atoms with Crippen LogP contribution in [0.2, 0.25) is 0 Å². The third-order valence-electron chi connectivity index (χ3n) is 4.90. The quantitative estimate of drug-likeness (QED) is 0.786. The Morgan fingerprint density at radius 1 is 1.14 bits per heavy atom. The maximum Gasteiger partial charge on any atom is 0.341 e. The van der Waals surface area contributed by atoms with E-state index in [1.807, 2.05) is 24.0 Å². The molecule has 1 fully saturated rings. The second-order valence-corrected chi connectivity index (χ2v) is 6.79. The molecule has 3 rings (SSSR count). The van der Waals surface area contributed by atoms with Crippen LogP contribution < -0.4 is 9.47 Å². The van der Waals surface area contributed by atoms with E-state index in [2.05, 4.69) is 19.1 Å². The fourth-order valence-corrected chi connectivity index (χ4v) is 3.63. The fourth-order valence-electron chi connectivity index (χ4n) is 3.63. The molecule has 6 nitrogen and oxygen atoms in total. The Labute approximate surface area is 164 Å². The number of carboxylic acids is 1. The van der Waals surface area contributed by atoms with Crippen molar-refractivity contribution in [3.8, 4) is 11.5 Å². The number of amides is 1. The maximum atomic E-state index is 13.2. The first kappa shape index (κ1) is 19.7. The van der Waals surface area contributed by atoms with Gasteiger partial charge < -0.3 is 19.5 Å². The molecule has 28 heavy (non-hydrogen) atoms. The Hall–Kier alpha value is -3.02. The first-order valence-corrected chi connectivity index (χ1v) is 9.49. The zero-order valence-corrected chi connectivity index (χ0v) is 16.2. The number of aryl methyl sites for hydroxylation is 1. The first-order valence-electron chi connectivity index (χ1n) is 9.49. The summed E-state index contributed by atoms with van der Waals surface area (Å²) in [5, 5.41) is 8.82. The van der Waals surface area contributed by atoms with Crippen LogP contribution in [-0.4, -0.2) is 41.6 Å². The summed E-state index contributed by atoms with van der Waals surface area (Å²) < 4.78 is 10.8. The predicted molar refractivity (Wildman–Crippen MR) is 105 cm³/mol.